The Morgan fingerprint density at radius 3 is 2.70 bits per heavy atom. The molecule has 0 saturated heterocycles. The van der Waals surface area contributed by atoms with E-state index in [1.165, 1.54) is 11.1 Å². The van der Waals surface area contributed by atoms with Crippen molar-refractivity contribution in [2.24, 2.45) is 5.41 Å². The van der Waals surface area contributed by atoms with Crippen molar-refractivity contribution in [3.63, 3.8) is 0 Å². The zero-order chi connectivity index (χ0) is 14.4. The molecule has 0 fully saturated rings. The third-order valence-corrected chi connectivity index (χ3v) is 4.73. The van der Waals surface area contributed by atoms with Gasteiger partial charge in [0.05, 0.1) is 0 Å². The normalized spacial score (nSPS) is 34.8. The molecule has 1 heterocycles. The third kappa shape index (κ3) is 2.09. The van der Waals surface area contributed by atoms with Crippen LogP contribution >= 0.6 is 15.9 Å². The molecular formula is C17H16BBrO. The van der Waals surface area contributed by atoms with Gasteiger partial charge in [0.1, 0.15) is 10.2 Å². The summed E-state index contributed by atoms with van der Waals surface area (Å²) in [7, 11) is 6.00. The lowest BCUT2D eigenvalue weighted by Gasteiger charge is -2.34. The highest BCUT2D eigenvalue weighted by Gasteiger charge is 2.37. The van der Waals surface area contributed by atoms with Crippen LogP contribution in [-0.4, -0.2) is 12.3 Å². The second-order valence-electron chi connectivity index (χ2n) is 5.52. The highest BCUT2D eigenvalue weighted by atomic mass is 79.9. The summed E-state index contributed by atoms with van der Waals surface area (Å²) in [5, 5.41) is 0. The molecule has 2 atom stereocenters. The van der Waals surface area contributed by atoms with Gasteiger partial charge >= 0.3 is 0 Å². The maximum absolute atomic E-state index is 6.00. The summed E-state index contributed by atoms with van der Waals surface area (Å²) < 4.78 is 4.93. The molecule has 0 N–H and O–H groups in total. The fraction of sp³-hybridized carbons (Fsp3) is 0.294. The predicted molar refractivity (Wildman–Crippen MR) is 87.5 cm³/mol. The van der Waals surface area contributed by atoms with E-state index in [2.05, 4.69) is 66.2 Å². The fourth-order valence-corrected chi connectivity index (χ4v) is 3.21. The lowest BCUT2D eigenvalue weighted by molar-refractivity contribution is 0.201. The molecule has 1 aliphatic heterocycles. The van der Waals surface area contributed by atoms with Crippen molar-refractivity contribution in [2.75, 3.05) is 0 Å². The van der Waals surface area contributed by atoms with E-state index in [0.717, 1.165) is 17.8 Å². The van der Waals surface area contributed by atoms with Crippen LogP contribution in [0.3, 0.4) is 0 Å². The zero-order valence-electron chi connectivity index (χ0n) is 11.7. The van der Waals surface area contributed by atoms with Crippen LogP contribution in [0.5, 0.6) is 0 Å². The molecule has 2 unspecified atom stereocenters. The number of hydrogen-bond acceptors (Lipinski definition) is 1. The van der Waals surface area contributed by atoms with Crippen LogP contribution in [-0.2, 0) is 4.74 Å². The topological polar surface area (TPSA) is 9.23 Å². The molecule has 0 aromatic heterocycles. The van der Waals surface area contributed by atoms with Crippen LogP contribution in [0.1, 0.15) is 20.3 Å². The first-order valence-electron chi connectivity index (χ1n) is 6.85. The Kier molecular flexibility index (Phi) is 3.21. The maximum atomic E-state index is 6.00. The number of allylic oxidation sites excluding steroid dienone is 10. The van der Waals surface area contributed by atoms with Gasteiger partial charge in [0.15, 0.2) is 7.85 Å². The second-order valence-corrected chi connectivity index (χ2v) is 6.76. The van der Waals surface area contributed by atoms with Crippen LogP contribution in [0, 0.1) is 5.41 Å². The molecule has 0 spiro atoms. The van der Waals surface area contributed by atoms with Crippen molar-refractivity contribution in [3.05, 3.63) is 71.1 Å². The molecule has 100 valence electrons. The van der Waals surface area contributed by atoms with E-state index < -0.39 is 4.41 Å². The Morgan fingerprint density at radius 1 is 1.20 bits per heavy atom. The van der Waals surface area contributed by atoms with Crippen LogP contribution in [0.25, 0.3) is 0 Å². The minimum Gasteiger partial charge on any atom is -0.482 e. The molecule has 0 amide bonds. The van der Waals surface area contributed by atoms with Gasteiger partial charge in [-0.1, -0.05) is 50.3 Å². The number of ether oxygens (including phenoxy) is 1. The second kappa shape index (κ2) is 4.66. The highest BCUT2D eigenvalue weighted by molar-refractivity contribution is 9.10. The van der Waals surface area contributed by atoms with Gasteiger partial charge in [0, 0.05) is 11.0 Å². The third-order valence-electron chi connectivity index (χ3n) is 4.30. The van der Waals surface area contributed by atoms with Gasteiger partial charge in [0.2, 0.25) is 0 Å². The van der Waals surface area contributed by atoms with E-state index in [-0.39, 0.29) is 5.41 Å². The molecule has 3 aliphatic rings. The van der Waals surface area contributed by atoms with Gasteiger partial charge in [-0.15, -0.1) is 0 Å². The van der Waals surface area contributed by atoms with Gasteiger partial charge in [-0.25, -0.2) is 0 Å². The number of halogens is 1. The SMILES string of the molecule is [B]C1(Br)C=CC2=C(C=CC3=CC=CC=C2C3(C)CC)O1. The molecule has 2 bridgehead atoms. The van der Waals surface area contributed by atoms with E-state index in [9.17, 15) is 0 Å². The minimum atomic E-state index is -0.919. The number of alkyl halides is 1. The molecule has 0 aromatic rings. The van der Waals surface area contributed by atoms with Crippen LogP contribution in [0.2, 0.25) is 0 Å². The first kappa shape index (κ1) is 13.8. The van der Waals surface area contributed by atoms with Crippen LogP contribution in [0.4, 0.5) is 0 Å². The van der Waals surface area contributed by atoms with E-state index in [1.807, 2.05) is 12.2 Å². The summed E-state index contributed by atoms with van der Waals surface area (Å²) in [6, 6.07) is 0. The molecular weight excluding hydrogens is 311 g/mol. The van der Waals surface area contributed by atoms with Crippen molar-refractivity contribution < 1.29 is 4.74 Å². The average molecular weight is 327 g/mol. The van der Waals surface area contributed by atoms with Gasteiger partial charge in [-0.3, -0.25) is 0 Å². The predicted octanol–water partition coefficient (Wildman–Crippen LogP) is 4.45. The summed E-state index contributed by atoms with van der Waals surface area (Å²) in [5.41, 5.74) is 3.68. The Labute approximate surface area is 130 Å². The van der Waals surface area contributed by atoms with Crippen molar-refractivity contribution in [3.8, 4) is 0 Å². The Bertz CT molecular complexity index is 631. The fourth-order valence-electron chi connectivity index (χ4n) is 2.90. The standard InChI is InChI=1S/C17H16BBrO/c1-3-16(2)12-6-4-5-7-14(16)13-10-11-17(18,19)20-15(13)9-8-12/h4-11H,3H2,1-2H3. The average Bonchev–Trinajstić information content (AvgIpc) is 2.63. The molecule has 2 radical (unpaired) electrons. The Balaban J connectivity index is 2.21. The van der Waals surface area contributed by atoms with Crippen molar-refractivity contribution in [1.29, 1.82) is 0 Å². The first-order chi connectivity index (χ1) is 9.46. The van der Waals surface area contributed by atoms with Crippen LogP contribution in [0.15, 0.2) is 71.1 Å². The summed E-state index contributed by atoms with van der Waals surface area (Å²) in [6.07, 6.45) is 17.6. The lowest BCUT2D eigenvalue weighted by Crippen LogP contribution is -2.26. The number of fused-ring (bicyclic) bond motifs is 3. The molecule has 20 heavy (non-hydrogen) atoms. The quantitative estimate of drug-likeness (QED) is 0.511. The minimum absolute atomic E-state index is 0.00824. The summed E-state index contributed by atoms with van der Waals surface area (Å²) >= 11 is 3.37. The van der Waals surface area contributed by atoms with Gasteiger partial charge in [-0.05, 0) is 45.6 Å². The summed E-state index contributed by atoms with van der Waals surface area (Å²) in [4.78, 5) is 0. The highest BCUT2D eigenvalue weighted by Crippen LogP contribution is 2.48. The van der Waals surface area contributed by atoms with E-state index >= 15 is 0 Å². The van der Waals surface area contributed by atoms with Crippen molar-refractivity contribution >= 4 is 23.8 Å². The molecule has 2 aliphatic carbocycles. The van der Waals surface area contributed by atoms with Gasteiger partial charge in [0.25, 0.3) is 0 Å². The number of hydrogen-bond donors (Lipinski definition) is 0. The van der Waals surface area contributed by atoms with E-state index in [4.69, 9.17) is 12.6 Å². The molecule has 0 aromatic carbocycles. The van der Waals surface area contributed by atoms with Gasteiger partial charge in [-0.2, -0.15) is 0 Å². The van der Waals surface area contributed by atoms with Crippen molar-refractivity contribution in [2.45, 2.75) is 24.7 Å². The van der Waals surface area contributed by atoms with E-state index in [1.54, 1.807) is 0 Å². The summed E-state index contributed by atoms with van der Waals surface area (Å²) in [6.45, 7) is 4.50. The molecule has 0 saturated carbocycles. The summed E-state index contributed by atoms with van der Waals surface area (Å²) in [5.74, 6) is 0.816. The smallest absolute Gasteiger partial charge is 0.154 e. The number of rotatable bonds is 1. The van der Waals surface area contributed by atoms with E-state index in [0.29, 0.717) is 0 Å². The monoisotopic (exact) mass is 326 g/mol. The molecule has 3 rings (SSSR count). The Morgan fingerprint density at radius 2 is 1.95 bits per heavy atom. The first-order valence-corrected chi connectivity index (χ1v) is 7.64. The largest absolute Gasteiger partial charge is 0.482 e. The maximum Gasteiger partial charge on any atom is 0.154 e. The zero-order valence-corrected chi connectivity index (χ0v) is 13.3. The lowest BCUT2D eigenvalue weighted by atomic mass is 9.71. The molecule has 3 heteroatoms. The Hall–Kier alpha value is -1.22. The van der Waals surface area contributed by atoms with Crippen molar-refractivity contribution in [1.82, 2.24) is 0 Å². The molecule has 1 nitrogen and oxygen atoms in total. The van der Waals surface area contributed by atoms with Crippen LogP contribution < -0.4 is 0 Å². The van der Waals surface area contributed by atoms with Gasteiger partial charge < -0.3 is 4.74 Å².